The van der Waals surface area contributed by atoms with Gasteiger partial charge < -0.3 is 4.84 Å². The fourth-order valence-corrected chi connectivity index (χ4v) is 3.30. The van der Waals surface area contributed by atoms with E-state index in [4.69, 9.17) is 4.84 Å². The average Bonchev–Trinajstić information content (AvgIpc) is 2.65. The second kappa shape index (κ2) is 8.68. The Morgan fingerprint density at radius 2 is 1.56 bits per heavy atom. The highest BCUT2D eigenvalue weighted by molar-refractivity contribution is 5.75. The number of benzene rings is 2. The molecule has 144 valence electrons. The van der Waals surface area contributed by atoms with Gasteiger partial charge in [-0.25, -0.2) is 4.79 Å². The molecule has 4 nitrogen and oxygen atoms in total. The molecule has 0 spiro atoms. The van der Waals surface area contributed by atoms with Crippen LogP contribution in [0, 0.1) is 5.41 Å². The van der Waals surface area contributed by atoms with Crippen molar-refractivity contribution in [1.82, 2.24) is 9.96 Å². The Morgan fingerprint density at radius 3 is 2.15 bits per heavy atom. The van der Waals surface area contributed by atoms with Crippen molar-refractivity contribution >= 4 is 5.97 Å². The normalized spacial score (nSPS) is 19.0. The minimum Gasteiger partial charge on any atom is -0.367 e. The molecule has 1 saturated heterocycles. The molecule has 3 rings (SSSR count). The highest BCUT2D eigenvalue weighted by atomic mass is 16.7. The van der Waals surface area contributed by atoms with Crippen LogP contribution < -0.4 is 0 Å². The summed E-state index contributed by atoms with van der Waals surface area (Å²) in [7, 11) is 0. The molecule has 1 heterocycles. The number of hydrogen-bond donors (Lipinski definition) is 0. The highest BCUT2D eigenvalue weighted by Crippen LogP contribution is 2.21. The van der Waals surface area contributed by atoms with E-state index in [1.807, 2.05) is 38.0 Å². The monoisotopic (exact) mass is 366 g/mol. The van der Waals surface area contributed by atoms with E-state index in [0.29, 0.717) is 0 Å². The Morgan fingerprint density at radius 1 is 0.963 bits per heavy atom. The Labute approximate surface area is 162 Å². The van der Waals surface area contributed by atoms with Crippen molar-refractivity contribution in [2.45, 2.75) is 39.8 Å². The van der Waals surface area contributed by atoms with Gasteiger partial charge in [-0.1, -0.05) is 60.7 Å². The van der Waals surface area contributed by atoms with Gasteiger partial charge in [0.05, 0.1) is 11.5 Å². The third kappa shape index (κ3) is 5.65. The van der Waals surface area contributed by atoms with Crippen LogP contribution in [0.3, 0.4) is 0 Å². The molecule has 2 aromatic rings. The number of rotatable bonds is 5. The van der Waals surface area contributed by atoms with E-state index in [1.54, 1.807) is 0 Å². The number of carbonyl (C=O) groups is 1. The molecule has 1 aliphatic heterocycles. The molecule has 0 aromatic heterocycles. The second-order valence-electron chi connectivity index (χ2n) is 8.33. The summed E-state index contributed by atoms with van der Waals surface area (Å²) in [5.41, 5.74) is 2.08. The fourth-order valence-electron chi connectivity index (χ4n) is 3.30. The second-order valence-corrected chi connectivity index (χ2v) is 8.33. The summed E-state index contributed by atoms with van der Waals surface area (Å²) in [4.78, 5) is 20.7. The standard InChI is InChI=1S/C23H30N2O2/c1-23(2,3)22(26)27-25-15-14-24(17-20-12-8-5-9-13-20)18-21(25)16-19-10-6-4-7-11-19/h4-13,21H,14-18H2,1-3H3. The molecule has 27 heavy (non-hydrogen) atoms. The lowest BCUT2D eigenvalue weighted by Gasteiger charge is -2.40. The van der Waals surface area contributed by atoms with Gasteiger partial charge in [0.2, 0.25) is 0 Å². The zero-order chi connectivity index (χ0) is 19.3. The zero-order valence-corrected chi connectivity index (χ0v) is 16.6. The molecule has 0 radical (unpaired) electrons. The number of carbonyl (C=O) groups excluding carboxylic acids is 1. The van der Waals surface area contributed by atoms with Crippen LogP contribution >= 0.6 is 0 Å². The maximum absolute atomic E-state index is 12.4. The van der Waals surface area contributed by atoms with Gasteiger partial charge >= 0.3 is 5.97 Å². The molecule has 0 amide bonds. The van der Waals surface area contributed by atoms with Gasteiger partial charge in [-0.05, 0) is 38.3 Å². The largest absolute Gasteiger partial charge is 0.367 e. The third-order valence-electron chi connectivity index (χ3n) is 4.89. The van der Waals surface area contributed by atoms with E-state index >= 15 is 0 Å². The van der Waals surface area contributed by atoms with Gasteiger partial charge in [-0.3, -0.25) is 4.90 Å². The molecule has 0 aliphatic carbocycles. The van der Waals surface area contributed by atoms with E-state index in [9.17, 15) is 4.79 Å². The summed E-state index contributed by atoms with van der Waals surface area (Å²) < 4.78 is 0. The minimum atomic E-state index is -0.502. The summed E-state index contributed by atoms with van der Waals surface area (Å²) in [5, 5.41) is 1.90. The van der Waals surface area contributed by atoms with Crippen molar-refractivity contribution in [3.8, 4) is 0 Å². The van der Waals surface area contributed by atoms with Crippen LogP contribution in [0.4, 0.5) is 0 Å². The lowest BCUT2D eigenvalue weighted by Crippen LogP contribution is -2.54. The van der Waals surface area contributed by atoms with Crippen molar-refractivity contribution in [3.63, 3.8) is 0 Å². The van der Waals surface area contributed by atoms with Crippen LogP contribution in [0.5, 0.6) is 0 Å². The third-order valence-corrected chi connectivity index (χ3v) is 4.89. The predicted molar refractivity (Wildman–Crippen MR) is 108 cm³/mol. The van der Waals surface area contributed by atoms with Crippen molar-refractivity contribution in [1.29, 1.82) is 0 Å². The fraction of sp³-hybridized carbons (Fsp3) is 0.435. The van der Waals surface area contributed by atoms with Crippen LogP contribution in [0.2, 0.25) is 0 Å². The van der Waals surface area contributed by atoms with E-state index in [0.717, 1.165) is 32.6 Å². The van der Waals surface area contributed by atoms with Crippen LogP contribution in [-0.4, -0.2) is 41.6 Å². The molecule has 2 aromatic carbocycles. The smallest absolute Gasteiger partial charge is 0.330 e. The number of hydroxylamine groups is 2. The average molecular weight is 367 g/mol. The van der Waals surface area contributed by atoms with Crippen LogP contribution in [0.1, 0.15) is 31.9 Å². The van der Waals surface area contributed by atoms with E-state index in [2.05, 4.69) is 53.4 Å². The lowest BCUT2D eigenvalue weighted by molar-refractivity contribution is -0.221. The SMILES string of the molecule is CC(C)(C)C(=O)ON1CCN(Cc2ccccc2)CC1Cc1ccccc1. The molecule has 0 N–H and O–H groups in total. The molecular weight excluding hydrogens is 336 g/mol. The summed E-state index contributed by atoms with van der Waals surface area (Å²) in [6.45, 7) is 9.10. The van der Waals surface area contributed by atoms with Gasteiger partial charge in [0.15, 0.2) is 0 Å². The lowest BCUT2D eigenvalue weighted by atomic mass is 9.97. The Balaban J connectivity index is 1.70. The predicted octanol–water partition coefficient (Wildman–Crippen LogP) is 3.92. The van der Waals surface area contributed by atoms with Crippen molar-refractivity contribution in [3.05, 3.63) is 71.8 Å². The number of nitrogens with zero attached hydrogens (tertiary/aromatic N) is 2. The van der Waals surface area contributed by atoms with E-state index < -0.39 is 5.41 Å². The Kier molecular flexibility index (Phi) is 6.30. The highest BCUT2D eigenvalue weighted by Gasteiger charge is 2.33. The molecule has 1 fully saturated rings. The van der Waals surface area contributed by atoms with E-state index in [1.165, 1.54) is 11.1 Å². The quantitative estimate of drug-likeness (QED) is 0.803. The zero-order valence-electron chi connectivity index (χ0n) is 16.6. The molecule has 0 bridgehead atoms. The molecule has 1 atom stereocenters. The van der Waals surface area contributed by atoms with Gasteiger partial charge in [0, 0.05) is 26.2 Å². The summed E-state index contributed by atoms with van der Waals surface area (Å²) in [6.07, 6.45) is 0.865. The maximum atomic E-state index is 12.4. The van der Waals surface area contributed by atoms with Crippen LogP contribution in [0.25, 0.3) is 0 Å². The maximum Gasteiger partial charge on any atom is 0.330 e. The first-order valence-electron chi connectivity index (χ1n) is 9.71. The van der Waals surface area contributed by atoms with Crippen LogP contribution in [0.15, 0.2) is 60.7 Å². The molecule has 4 heteroatoms. The van der Waals surface area contributed by atoms with E-state index in [-0.39, 0.29) is 12.0 Å². The van der Waals surface area contributed by atoms with Gasteiger partial charge in [0.1, 0.15) is 0 Å². The van der Waals surface area contributed by atoms with Gasteiger partial charge in [-0.2, -0.15) is 0 Å². The van der Waals surface area contributed by atoms with Gasteiger partial charge in [0.25, 0.3) is 0 Å². The first kappa shape index (κ1) is 19.6. The number of hydrogen-bond acceptors (Lipinski definition) is 4. The molecule has 1 aliphatic rings. The minimum absolute atomic E-state index is 0.149. The summed E-state index contributed by atoms with van der Waals surface area (Å²) in [5.74, 6) is -0.169. The molecular formula is C23H30N2O2. The van der Waals surface area contributed by atoms with Crippen molar-refractivity contribution in [2.75, 3.05) is 19.6 Å². The van der Waals surface area contributed by atoms with Crippen molar-refractivity contribution in [2.24, 2.45) is 5.41 Å². The van der Waals surface area contributed by atoms with Gasteiger partial charge in [-0.15, -0.1) is 5.06 Å². The molecule has 0 saturated carbocycles. The first-order chi connectivity index (χ1) is 12.9. The van der Waals surface area contributed by atoms with Crippen LogP contribution in [-0.2, 0) is 22.6 Å². The number of piperazine rings is 1. The first-order valence-corrected chi connectivity index (χ1v) is 9.71. The summed E-state index contributed by atoms with van der Waals surface area (Å²) in [6, 6.07) is 21.1. The summed E-state index contributed by atoms with van der Waals surface area (Å²) >= 11 is 0. The Hall–Kier alpha value is -2.17. The van der Waals surface area contributed by atoms with Crippen molar-refractivity contribution < 1.29 is 9.63 Å². The topological polar surface area (TPSA) is 32.8 Å². The molecule has 1 unspecified atom stereocenters. The Bertz CT molecular complexity index is 725.